The van der Waals surface area contributed by atoms with E-state index in [1.807, 2.05) is 36.4 Å². The third-order valence-electron chi connectivity index (χ3n) is 2.59. The van der Waals surface area contributed by atoms with Crippen LogP contribution in [0.15, 0.2) is 42.4 Å². The van der Waals surface area contributed by atoms with Gasteiger partial charge in [0.25, 0.3) is 0 Å². The number of hydrogen-bond acceptors (Lipinski definition) is 2. The van der Waals surface area contributed by atoms with Crippen molar-refractivity contribution < 1.29 is 9.68 Å². The number of hydrogen-bond donors (Lipinski definition) is 1. The highest BCUT2D eigenvalue weighted by molar-refractivity contribution is 6.52. The quantitative estimate of drug-likeness (QED) is 0.654. The average molecular weight is 196 g/mol. The Bertz CT molecular complexity index is 548. The molecule has 3 rings (SSSR count). The summed E-state index contributed by atoms with van der Waals surface area (Å²) in [5, 5.41) is 11.6. The molecule has 1 aliphatic rings. The lowest BCUT2D eigenvalue weighted by atomic mass is 9.86. The average Bonchev–Trinajstić information content (AvgIpc) is 2.29. The minimum Gasteiger partial charge on any atom is -0.532 e. The van der Waals surface area contributed by atoms with E-state index >= 15 is 0 Å². The van der Waals surface area contributed by atoms with Crippen molar-refractivity contribution in [2.45, 2.75) is 0 Å². The smallest absolute Gasteiger partial charge is 0.532 e. The number of benzene rings is 2. The van der Waals surface area contributed by atoms with Crippen LogP contribution in [0, 0.1) is 0 Å². The van der Waals surface area contributed by atoms with E-state index in [9.17, 15) is 5.02 Å². The normalized spacial score (nSPS) is 13.8. The van der Waals surface area contributed by atoms with Crippen molar-refractivity contribution in [2.24, 2.45) is 0 Å². The number of rotatable bonds is 0. The molecule has 0 saturated carbocycles. The van der Waals surface area contributed by atoms with Crippen LogP contribution in [-0.2, 0) is 0 Å². The molecular weight excluding hydrogens is 187 g/mol. The Kier molecular flexibility index (Phi) is 1.79. The van der Waals surface area contributed by atoms with Crippen LogP contribution >= 0.6 is 0 Å². The van der Waals surface area contributed by atoms with E-state index in [2.05, 4.69) is 6.07 Å². The van der Waals surface area contributed by atoms with Gasteiger partial charge in [-0.15, -0.1) is 0 Å². The molecule has 0 atom stereocenters. The summed E-state index contributed by atoms with van der Waals surface area (Å²) < 4.78 is 5.41. The predicted octanol–water partition coefficient (Wildman–Crippen LogP) is 2.27. The molecule has 1 heterocycles. The second kappa shape index (κ2) is 3.14. The van der Waals surface area contributed by atoms with Gasteiger partial charge in [0, 0.05) is 10.9 Å². The SMILES string of the molecule is OB1C=Cc2ccc3ccccc3c2O1. The first-order valence-corrected chi connectivity index (χ1v) is 4.89. The summed E-state index contributed by atoms with van der Waals surface area (Å²) in [5.41, 5.74) is 1.01. The molecule has 0 spiro atoms. The van der Waals surface area contributed by atoms with E-state index in [1.54, 1.807) is 5.98 Å². The van der Waals surface area contributed by atoms with Crippen molar-refractivity contribution in [3.63, 3.8) is 0 Å². The third kappa shape index (κ3) is 1.32. The topological polar surface area (TPSA) is 29.5 Å². The lowest BCUT2D eigenvalue weighted by Crippen LogP contribution is -2.21. The van der Waals surface area contributed by atoms with Crippen molar-refractivity contribution in [3.05, 3.63) is 47.9 Å². The van der Waals surface area contributed by atoms with Crippen LogP contribution in [0.5, 0.6) is 5.75 Å². The Morgan fingerprint density at radius 2 is 1.93 bits per heavy atom. The lowest BCUT2D eigenvalue weighted by Gasteiger charge is -2.17. The Balaban J connectivity index is 2.34. The van der Waals surface area contributed by atoms with Crippen LogP contribution in [0.1, 0.15) is 5.56 Å². The maximum atomic E-state index is 9.41. The van der Waals surface area contributed by atoms with E-state index < -0.39 is 7.12 Å². The molecular formula is C12H9BO2. The summed E-state index contributed by atoms with van der Waals surface area (Å²) in [7, 11) is -0.830. The van der Waals surface area contributed by atoms with Crippen LogP contribution in [0.2, 0.25) is 0 Å². The molecule has 3 heteroatoms. The zero-order chi connectivity index (χ0) is 10.3. The van der Waals surface area contributed by atoms with Gasteiger partial charge < -0.3 is 9.68 Å². The minimum absolute atomic E-state index is 0.767. The summed E-state index contributed by atoms with van der Waals surface area (Å²) in [5.74, 6) is 2.40. The molecule has 72 valence electrons. The fraction of sp³-hybridized carbons (Fsp3) is 0. The minimum atomic E-state index is -0.830. The van der Waals surface area contributed by atoms with E-state index in [1.165, 1.54) is 0 Å². The first kappa shape index (κ1) is 8.56. The molecule has 2 aromatic rings. The van der Waals surface area contributed by atoms with Crippen LogP contribution in [-0.4, -0.2) is 12.1 Å². The molecule has 1 aliphatic heterocycles. The summed E-state index contributed by atoms with van der Waals surface area (Å²) in [6.07, 6.45) is 1.88. The largest absolute Gasteiger partial charge is 0.552 e. The second-order valence-corrected chi connectivity index (χ2v) is 3.57. The zero-order valence-corrected chi connectivity index (χ0v) is 8.05. The Morgan fingerprint density at radius 1 is 1.07 bits per heavy atom. The van der Waals surface area contributed by atoms with Gasteiger partial charge in [-0.05, 0) is 11.4 Å². The molecule has 1 N–H and O–H groups in total. The van der Waals surface area contributed by atoms with Gasteiger partial charge in [0.05, 0.1) is 0 Å². The molecule has 0 fully saturated rings. The summed E-state index contributed by atoms with van der Waals surface area (Å²) in [4.78, 5) is 0. The molecule has 0 radical (unpaired) electrons. The van der Waals surface area contributed by atoms with Crippen LogP contribution in [0.3, 0.4) is 0 Å². The van der Waals surface area contributed by atoms with Crippen molar-refractivity contribution >= 4 is 24.0 Å². The highest BCUT2D eigenvalue weighted by Crippen LogP contribution is 2.33. The monoisotopic (exact) mass is 196 g/mol. The molecule has 15 heavy (non-hydrogen) atoms. The summed E-state index contributed by atoms with van der Waals surface area (Å²) in [6.45, 7) is 0. The van der Waals surface area contributed by atoms with Gasteiger partial charge >= 0.3 is 7.12 Å². The first-order valence-electron chi connectivity index (χ1n) is 4.89. The van der Waals surface area contributed by atoms with Crippen molar-refractivity contribution in [2.75, 3.05) is 0 Å². The Morgan fingerprint density at radius 3 is 2.87 bits per heavy atom. The van der Waals surface area contributed by atoms with Gasteiger partial charge in [0.1, 0.15) is 5.75 Å². The molecule has 0 saturated heterocycles. The molecule has 2 nitrogen and oxygen atoms in total. The highest BCUT2D eigenvalue weighted by Gasteiger charge is 2.19. The Labute approximate surface area is 87.9 Å². The first-order chi connectivity index (χ1) is 7.34. The van der Waals surface area contributed by atoms with E-state index in [-0.39, 0.29) is 0 Å². The van der Waals surface area contributed by atoms with Gasteiger partial charge in [0.2, 0.25) is 0 Å². The maximum Gasteiger partial charge on any atom is 0.552 e. The molecule has 0 aromatic heterocycles. The van der Waals surface area contributed by atoms with Crippen LogP contribution in [0.4, 0.5) is 0 Å². The van der Waals surface area contributed by atoms with E-state index in [4.69, 9.17) is 4.65 Å². The number of fused-ring (bicyclic) bond motifs is 3. The third-order valence-corrected chi connectivity index (χ3v) is 2.59. The molecule has 0 aliphatic carbocycles. The van der Waals surface area contributed by atoms with Crippen molar-refractivity contribution in [1.29, 1.82) is 0 Å². The van der Waals surface area contributed by atoms with Gasteiger partial charge in [-0.1, -0.05) is 42.5 Å². The van der Waals surface area contributed by atoms with Crippen LogP contribution < -0.4 is 4.65 Å². The van der Waals surface area contributed by atoms with Gasteiger partial charge in [-0.25, -0.2) is 0 Å². The summed E-state index contributed by atoms with van der Waals surface area (Å²) >= 11 is 0. The standard InChI is InChI=1S/C12H9BO2/c14-13-8-7-10-6-5-9-3-1-2-4-11(9)12(10)15-13/h1-8,14H. The summed E-state index contributed by atoms with van der Waals surface area (Å²) in [6, 6.07) is 12.0. The van der Waals surface area contributed by atoms with E-state index in [0.29, 0.717) is 0 Å². The van der Waals surface area contributed by atoms with Gasteiger partial charge in [0.15, 0.2) is 0 Å². The zero-order valence-electron chi connectivity index (χ0n) is 8.05. The fourth-order valence-electron chi connectivity index (χ4n) is 1.87. The van der Waals surface area contributed by atoms with Crippen molar-refractivity contribution in [3.8, 4) is 5.75 Å². The Hall–Kier alpha value is -1.74. The maximum absolute atomic E-state index is 9.41. The van der Waals surface area contributed by atoms with Gasteiger partial charge in [-0.2, -0.15) is 0 Å². The van der Waals surface area contributed by atoms with Crippen molar-refractivity contribution in [1.82, 2.24) is 0 Å². The molecule has 0 amide bonds. The highest BCUT2D eigenvalue weighted by atomic mass is 16.5. The molecule has 0 unspecified atom stereocenters. The second-order valence-electron chi connectivity index (χ2n) is 3.57. The molecule has 0 bridgehead atoms. The fourth-order valence-corrected chi connectivity index (χ4v) is 1.87. The van der Waals surface area contributed by atoms with Gasteiger partial charge in [-0.3, -0.25) is 0 Å². The van der Waals surface area contributed by atoms with Crippen LogP contribution in [0.25, 0.3) is 16.8 Å². The predicted molar refractivity (Wildman–Crippen MR) is 61.6 cm³/mol. The lowest BCUT2D eigenvalue weighted by molar-refractivity contribution is 0.431. The molecule has 2 aromatic carbocycles. The van der Waals surface area contributed by atoms with E-state index in [0.717, 1.165) is 22.1 Å².